The number of aromatic nitrogens is 4. The van der Waals surface area contributed by atoms with E-state index < -0.39 is 0 Å². The van der Waals surface area contributed by atoms with E-state index in [-0.39, 0.29) is 0 Å². The average Bonchev–Trinajstić information content (AvgIpc) is 2.95. The van der Waals surface area contributed by atoms with Gasteiger partial charge in [-0.2, -0.15) is 14.9 Å². The van der Waals surface area contributed by atoms with Crippen molar-refractivity contribution in [3.05, 3.63) is 59.1 Å². The van der Waals surface area contributed by atoms with Crippen molar-refractivity contribution < 1.29 is 0 Å². The van der Waals surface area contributed by atoms with Crippen molar-refractivity contribution in [3.63, 3.8) is 0 Å². The van der Waals surface area contributed by atoms with Crippen LogP contribution in [-0.2, 0) is 0 Å². The van der Waals surface area contributed by atoms with Gasteiger partial charge in [0.2, 0.25) is 4.77 Å². The van der Waals surface area contributed by atoms with Crippen LogP contribution in [0.1, 0.15) is 5.56 Å². The van der Waals surface area contributed by atoms with Crippen molar-refractivity contribution in [3.8, 4) is 11.4 Å². The van der Waals surface area contributed by atoms with Gasteiger partial charge in [0.1, 0.15) is 0 Å². The Kier molecular flexibility index (Phi) is 4.29. The van der Waals surface area contributed by atoms with E-state index in [0.717, 1.165) is 16.8 Å². The third-order valence-electron chi connectivity index (χ3n) is 3.32. The summed E-state index contributed by atoms with van der Waals surface area (Å²) in [7, 11) is 4.02. The summed E-state index contributed by atoms with van der Waals surface area (Å²) >= 11 is 5.25. The Bertz CT molecular complexity index is 862. The van der Waals surface area contributed by atoms with E-state index in [9.17, 15) is 0 Å². The molecule has 2 aromatic heterocycles. The predicted molar refractivity (Wildman–Crippen MR) is 94.4 cm³/mol. The lowest BCUT2D eigenvalue weighted by atomic mass is 10.2. The van der Waals surface area contributed by atoms with E-state index in [1.165, 1.54) is 0 Å². The summed E-state index contributed by atoms with van der Waals surface area (Å²) in [5.41, 5.74) is 3.02. The van der Waals surface area contributed by atoms with Crippen LogP contribution in [0.4, 0.5) is 5.69 Å². The van der Waals surface area contributed by atoms with Crippen molar-refractivity contribution in [2.75, 3.05) is 19.0 Å². The van der Waals surface area contributed by atoms with Crippen LogP contribution in [0.2, 0.25) is 0 Å². The molecule has 0 aliphatic heterocycles. The van der Waals surface area contributed by atoms with Crippen LogP contribution < -0.4 is 4.90 Å². The quantitative estimate of drug-likeness (QED) is 0.592. The Balaban J connectivity index is 1.91. The lowest BCUT2D eigenvalue weighted by Gasteiger charge is -2.11. The second kappa shape index (κ2) is 6.53. The van der Waals surface area contributed by atoms with E-state index in [4.69, 9.17) is 12.2 Å². The zero-order chi connectivity index (χ0) is 16.2. The minimum Gasteiger partial charge on any atom is -0.378 e. The van der Waals surface area contributed by atoms with Gasteiger partial charge in [0, 0.05) is 37.7 Å². The van der Waals surface area contributed by atoms with Crippen LogP contribution in [0.5, 0.6) is 0 Å². The number of rotatable bonds is 4. The monoisotopic (exact) mass is 324 g/mol. The molecule has 0 radical (unpaired) electrons. The summed E-state index contributed by atoms with van der Waals surface area (Å²) in [6, 6.07) is 11.8. The van der Waals surface area contributed by atoms with Gasteiger partial charge in [-0.05, 0) is 42.0 Å². The van der Waals surface area contributed by atoms with Crippen molar-refractivity contribution >= 4 is 24.1 Å². The third kappa shape index (κ3) is 3.35. The van der Waals surface area contributed by atoms with Gasteiger partial charge >= 0.3 is 0 Å². The van der Waals surface area contributed by atoms with Gasteiger partial charge in [0.05, 0.1) is 6.21 Å². The fraction of sp³-hybridized carbons (Fsp3) is 0.125. The Hall–Kier alpha value is -2.80. The summed E-state index contributed by atoms with van der Waals surface area (Å²) in [4.78, 5) is 6.06. The van der Waals surface area contributed by atoms with E-state index in [0.29, 0.717) is 10.6 Å². The Labute approximate surface area is 139 Å². The standard InChI is InChI=1S/C16H16N6S/c1-21(2)14-5-3-12(4-6-14)11-18-22-15(19-20-16(22)23)13-7-9-17-10-8-13/h3-11H,1-2H3,(H,20,23). The molecule has 0 saturated heterocycles. The Morgan fingerprint density at radius 1 is 1.13 bits per heavy atom. The number of benzene rings is 1. The van der Waals surface area contributed by atoms with Gasteiger partial charge in [-0.25, -0.2) is 5.10 Å². The molecule has 0 aliphatic carbocycles. The zero-order valence-corrected chi connectivity index (χ0v) is 13.7. The summed E-state index contributed by atoms with van der Waals surface area (Å²) in [6.45, 7) is 0. The molecule has 116 valence electrons. The highest BCUT2D eigenvalue weighted by molar-refractivity contribution is 7.71. The topological polar surface area (TPSA) is 62.1 Å². The van der Waals surface area contributed by atoms with Gasteiger partial charge in [0.25, 0.3) is 0 Å². The minimum absolute atomic E-state index is 0.443. The van der Waals surface area contributed by atoms with Gasteiger partial charge in [-0.3, -0.25) is 4.98 Å². The first-order valence-corrected chi connectivity index (χ1v) is 7.45. The molecule has 0 fully saturated rings. The highest BCUT2D eigenvalue weighted by Crippen LogP contribution is 2.16. The van der Waals surface area contributed by atoms with Crippen LogP contribution in [0, 0.1) is 4.77 Å². The number of nitrogens with zero attached hydrogens (tertiary/aromatic N) is 5. The molecule has 0 unspecified atom stereocenters. The average molecular weight is 324 g/mol. The van der Waals surface area contributed by atoms with Crippen LogP contribution >= 0.6 is 12.2 Å². The molecule has 0 atom stereocenters. The number of pyridine rings is 1. The van der Waals surface area contributed by atoms with E-state index >= 15 is 0 Å². The molecule has 1 aromatic carbocycles. The SMILES string of the molecule is CN(C)c1ccc(C=Nn2c(-c3ccncc3)n[nH]c2=S)cc1. The maximum atomic E-state index is 5.25. The Morgan fingerprint density at radius 2 is 1.83 bits per heavy atom. The minimum atomic E-state index is 0.443. The van der Waals surface area contributed by atoms with Crippen LogP contribution in [-0.4, -0.2) is 40.2 Å². The van der Waals surface area contributed by atoms with Gasteiger partial charge in [0.15, 0.2) is 5.82 Å². The van der Waals surface area contributed by atoms with Crippen molar-refractivity contribution in [2.45, 2.75) is 0 Å². The molecule has 0 amide bonds. The van der Waals surface area contributed by atoms with Gasteiger partial charge in [-0.1, -0.05) is 12.1 Å². The maximum Gasteiger partial charge on any atom is 0.216 e. The lowest BCUT2D eigenvalue weighted by molar-refractivity contribution is 0.871. The number of aromatic amines is 1. The molecule has 0 aliphatic rings. The number of hydrogen-bond donors (Lipinski definition) is 1. The maximum absolute atomic E-state index is 5.25. The van der Waals surface area contributed by atoms with E-state index in [2.05, 4.69) is 25.2 Å². The van der Waals surface area contributed by atoms with Crippen molar-refractivity contribution in [1.29, 1.82) is 0 Å². The highest BCUT2D eigenvalue weighted by atomic mass is 32.1. The molecule has 6 nitrogen and oxygen atoms in total. The first-order chi connectivity index (χ1) is 11.1. The molecular formula is C16H16N6S. The smallest absolute Gasteiger partial charge is 0.216 e. The first-order valence-electron chi connectivity index (χ1n) is 7.05. The van der Waals surface area contributed by atoms with Crippen LogP contribution in [0.15, 0.2) is 53.9 Å². The first kappa shape index (κ1) is 15.1. The summed E-state index contributed by atoms with van der Waals surface area (Å²) < 4.78 is 2.04. The number of H-pyrrole nitrogens is 1. The second-order valence-corrected chi connectivity index (χ2v) is 5.52. The second-order valence-electron chi connectivity index (χ2n) is 5.13. The van der Waals surface area contributed by atoms with Crippen LogP contribution in [0.3, 0.4) is 0 Å². The Morgan fingerprint density at radius 3 is 2.48 bits per heavy atom. The van der Waals surface area contributed by atoms with Gasteiger partial charge in [-0.15, -0.1) is 0 Å². The molecule has 3 rings (SSSR count). The lowest BCUT2D eigenvalue weighted by Crippen LogP contribution is -2.08. The van der Waals surface area contributed by atoms with Crippen LogP contribution in [0.25, 0.3) is 11.4 Å². The molecule has 0 spiro atoms. The number of anilines is 1. The molecule has 0 bridgehead atoms. The molecule has 0 saturated carbocycles. The van der Waals surface area contributed by atoms with Crippen molar-refractivity contribution in [2.24, 2.45) is 5.10 Å². The van der Waals surface area contributed by atoms with E-state index in [1.807, 2.05) is 50.5 Å². The normalized spacial score (nSPS) is 11.0. The largest absolute Gasteiger partial charge is 0.378 e. The highest BCUT2D eigenvalue weighted by Gasteiger charge is 2.07. The molecular weight excluding hydrogens is 308 g/mol. The number of hydrogen-bond acceptors (Lipinski definition) is 5. The number of nitrogens with one attached hydrogen (secondary N) is 1. The molecule has 1 N–H and O–H groups in total. The summed E-state index contributed by atoms with van der Waals surface area (Å²) in [5.74, 6) is 0.651. The molecule has 2 heterocycles. The zero-order valence-electron chi connectivity index (χ0n) is 12.8. The summed E-state index contributed by atoms with van der Waals surface area (Å²) in [6.07, 6.45) is 5.18. The third-order valence-corrected chi connectivity index (χ3v) is 3.58. The fourth-order valence-corrected chi connectivity index (χ4v) is 2.25. The fourth-order valence-electron chi connectivity index (χ4n) is 2.07. The molecule has 7 heteroatoms. The molecule has 23 heavy (non-hydrogen) atoms. The predicted octanol–water partition coefficient (Wildman–Crippen LogP) is 2.95. The van der Waals surface area contributed by atoms with Gasteiger partial charge < -0.3 is 4.90 Å². The van der Waals surface area contributed by atoms with Crippen molar-refractivity contribution in [1.82, 2.24) is 19.9 Å². The summed E-state index contributed by atoms with van der Waals surface area (Å²) in [5, 5.41) is 11.5. The van der Waals surface area contributed by atoms with E-state index in [1.54, 1.807) is 23.3 Å². The molecule has 3 aromatic rings.